The number of hydrogen-bond acceptors (Lipinski definition) is 2. The molecule has 1 nitrogen and oxygen atoms in total. The lowest BCUT2D eigenvalue weighted by molar-refractivity contribution is 0.170. The molecule has 2 heteroatoms. The summed E-state index contributed by atoms with van der Waals surface area (Å²) < 4.78 is 0. The Bertz CT molecular complexity index is 692. The second-order valence-corrected chi connectivity index (χ2v) is 8.61. The number of rotatable bonds is 9. The van der Waals surface area contributed by atoms with Crippen LogP contribution >= 0.6 is 11.8 Å². The summed E-state index contributed by atoms with van der Waals surface area (Å²) in [5, 5.41) is 0. The molecule has 2 aromatic rings. The highest BCUT2D eigenvalue weighted by Gasteiger charge is 2.29. The molecule has 0 amide bonds. The highest BCUT2D eigenvalue weighted by Crippen LogP contribution is 2.33. The average molecular weight is 368 g/mol. The monoisotopic (exact) mass is 367 g/mol. The highest BCUT2D eigenvalue weighted by atomic mass is 32.2. The Labute approximate surface area is 164 Å². The van der Waals surface area contributed by atoms with E-state index in [4.69, 9.17) is 0 Å². The maximum atomic E-state index is 4.46. The fourth-order valence-corrected chi connectivity index (χ4v) is 4.04. The molecular formula is C24H33NS. The smallest absolute Gasteiger partial charge is 0.0404 e. The molecule has 0 aliphatic heterocycles. The molecule has 140 valence electrons. The first-order valence-electron chi connectivity index (χ1n) is 9.67. The fourth-order valence-electron chi connectivity index (χ4n) is 3.22. The van der Waals surface area contributed by atoms with Gasteiger partial charge in [-0.05, 0) is 82.1 Å². The molecule has 0 unspecified atom stereocenters. The van der Waals surface area contributed by atoms with Crippen molar-refractivity contribution in [3.05, 3.63) is 66.2 Å². The Hall–Kier alpha value is -1.51. The van der Waals surface area contributed by atoms with Crippen molar-refractivity contribution in [2.24, 2.45) is 0 Å². The summed E-state index contributed by atoms with van der Waals surface area (Å²) in [7, 11) is 0. The van der Waals surface area contributed by atoms with E-state index in [-0.39, 0.29) is 5.54 Å². The van der Waals surface area contributed by atoms with Crippen LogP contribution in [0.3, 0.4) is 0 Å². The van der Waals surface area contributed by atoms with Crippen LogP contribution in [0.15, 0.2) is 64.9 Å². The van der Waals surface area contributed by atoms with Crippen molar-refractivity contribution >= 4 is 17.3 Å². The third-order valence-electron chi connectivity index (χ3n) is 4.98. The number of nitrogens with zero attached hydrogens (tertiary/aromatic N) is 1. The Balaban J connectivity index is 2.12. The zero-order valence-corrected chi connectivity index (χ0v) is 17.8. The SMILES string of the molecule is C=C(c1ccc(Sc2ccc(C)cc2)cc1)C(C)(C)N(CCC)CCC. The molecule has 0 bridgehead atoms. The van der Waals surface area contributed by atoms with E-state index in [1.165, 1.54) is 39.3 Å². The molecule has 0 aliphatic carbocycles. The van der Waals surface area contributed by atoms with Crippen molar-refractivity contribution < 1.29 is 0 Å². The lowest BCUT2D eigenvalue weighted by atomic mass is 9.87. The largest absolute Gasteiger partial charge is 0.294 e. The zero-order valence-electron chi connectivity index (χ0n) is 17.0. The van der Waals surface area contributed by atoms with E-state index in [1.54, 1.807) is 11.8 Å². The van der Waals surface area contributed by atoms with Gasteiger partial charge in [-0.1, -0.05) is 62.0 Å². The van der Waals surface area contributed by atoms with Gasteiger partial charge in [0.2, 0.25) is 0 Å². The van der Waals surface area contributed by atoms with Crippen LogP contribution in [0, 0.1) is 6.92 Å². The van der Waals surface area contributed by atoms with Crippen molar-refractivity contribution in [3.63, 3.8) is 0 Å². The summed E-state index contributed by atoms with van der Waals surface area (Å²) in [6.07, 6.45) is 2.34. The quantitative estimate of drug-likeness (QED) is 0.466. The van der Waals surface area contributed by atoms with Crippen molar-refractivity contribution in [2.45, 2.75) is 62.8 Å². The predicted molar refractivity (Wildman–Crippen MR) is 117 cm³/mol. The molecular weight excluding hydrogens is 334 g/mol. The minimum atomic E-state index is -0.0301. The summed E-state index contributed by atoms with van der Waals surface area (Å²) in [4.78, 5) is 5.10. The molecule has 0 aliphatic rings. The third kappa shape index (κ3) is 5.25. The first-order chi connectivity index (χ1) is 12.4. The maximum Gasteiger partial charge on any atom is 0.0404 e. The molecule has 0 spiro atoms. The third-order valence-corrected chi connectivity index (χ3v) is 5.99. The topological polar surface area (TPSA) is 3.24 Å². The highest BCUT2D eigenvalue weighted by molar-refractivity contribution is 7.99. The molecule has 0 saturated carbocycles. The van der Waals surface area contributed by atoms with Gasteiger partial charge in [-0.15, -0.1) is 0 Å². The van der Waals surface area contributed by atoms with Crippen LogP contribution in [0.4, 0.5) is 0 Å². The second-order valence-electron chi connectivity index (χ2n) is 7.46. The van der Waals surface area contributed by atoms with E-state index in [0.29, 0.717) is 0 Å². The molecule has 0 heterocycles. The standard InChI is InChI=1S/C24H33NS/c1-7-17-25(18-8-2)24(5,6)20(4)21-11-15-23(16-12-21)26-22-13-9-19(3)10-14-22/h9-16H,4,7-8,17-18H2,1-3,5-6H3. The average Bonchev–Trinajstić information content (AvgIpc) is 2.63. The van der Waals surface area contributed by atoms with E-state index in [1.807, 2.05) is 0 Å². The van der Waals surface area contributed by atoms with Crippen LogP contribution in [0.25, 0.3) is 5.57 Å². The molecule has 0 radical (unpaired) electrons. The van der Waals surface area contributed by atoms with Crippen LogP contribution in [0.5, 0.6) is 0 Å². The second kappa shape index (κ2) is 9.43. The van der Waals surface area contributed by atoms with Gasteiger partial charge in [-0.25, -0.2) is 0 Å². The van der Waals surface area contributed by atoms with Gasteiger partial charge in [0, 0.05) is 15.3 Å². The summed E-state index contributed by atoms with van der Waals surface area (Å²) in [6.45, 7) is 17.9. The molecule has 2 rings (SSSR count). The van der Waals surface area contributed by atoms with Gasteiger partial charge < -0.3 is 0 Å². The molecule has 0 atom stereocenters. The summed E-state index contributed by atoms with van der Waals surface area (Å²) >= 11 is 1.81. The van der Waals surface area contributed by atoms with E-state index >= 15 is 0 Å². The molecule has 0 fully saturated rings. The Morgan fingerprint density at radius 1 is 0.885 bits per heavy atom. The first-order valence-corrected chi connectivity index (χ1v) is 10.5. The van der Waals surface area contributed by atoms with Crippen molar-refractivity contribution in [3.8, 4) is 0 Å². The Morgan fingerprint density at radius 3 is 1.81 bits per heavy atom. The van der Waals surface area contributed by atoms with Crippen molar-refractivity contribution in [1.82, 2.24) is 4.90 Å². The maximum absolute atomic E-state index is 4.46. The molecule has 2 aromatic carbocycles. The van der Waals surface area contributed by atoms with Gasteiger partial charge in [-0.3, -0.25) is 4.90 Å². The van der Waals surface area contributed by atoms with Crippen LogP contribution in [0.1, 0.15) is 51.7 Å². The summed E-state index contributed by atoms with van der Waals surface area (Å²) in [5.41, 5.74) is 3.70. The zero-order chi connectivity index (χ0) is 19.2. The van der Waals surface area contributed by atoms with Gasteiger partial charge in [0.05, 0.1) is 0 Å². The summed E-state index contributed by atoms with van der Waals surface area (Å²) in [6, 6.07) is 17.6. The van der Waals surface area contributed by atoms with E-state index < -0.39 is 0 Å². The van der Waals surface area contributed by atoms with Gasteiger partial charge in [-0.2, -0.15) is 0 Å². The van der Waals surface area contributed by atoms with Gasteiger partial charge in [0.25, 0.3) is 0 Å². The lowest BCUT2D eigenvalue weighted by Gasteiger charge is -2.40. The van der Waals surface area contributed by atoms with Crippen molar-refractivity contribution in [1.29, 1.82) is 0 Å². The minimum Gasteiger partial charge on any atom is -0.294 e. The lowest BCUT2D eigenvalue weighted by Crippen LogP contribution is -2.45. The van der Waals surface area contributed by atoms with E-state index in [9.17, 15) is 0 Å². The van der Waals surface area contributed by atoms with Crippen LogP contribution in [-0.4, -0.2) is 23.5 Å². The van der Waals surface area contributed by atoms with E-state index in [0.717, 1.165) is 13.1 Å². The number of benzene rings is 2. The predicted octanol–water partition coefficient (Wildman–Crippen LogP) is 7.06. The molecule has 26 heavy (non-hydrogen) atoms. The van der Waals surface area contributed by atoms with Crippen LogP contribution in [0.2, 0.25) is 0 Å². The summed E-state index contributed by atoms with van der Waals surface area (Å²) in [5.74, 6) is 0. The molecule has 0 N–H and O–H groups in total. The Morgan fingerprint density at radius 2 is 1.35 bits per heavy atom. The fraction of sp³-hybridized carbons (Fsp3) is 0.417. The molecule has 0 saturated heterocycles. The first kappa shape index (κ1) is 20.8. The number of aryl methyl sites for hydroxylation is 1. The van der Waals surface area contributed by atoms with Crippen molar-refractivity contribution in [2.75, 3.05) is 13.1 Å². The van der Waals surface area contributed by atoms with Crippen LogP contribution < -0.4 is 0 Å². The molecule has 0 aromatic heterocycles. The Kier molecular flexibility index (Phi) is 7.55. The minimum absolute atomic E-state index is 0.0301. The number of hydrogen-bond donors (Lipinski definition) is 0. The van der Waals surface area contributed by atoms with Gasteiger partial charge in [0.1, 0.15) is 0 Å². The normalized spacial score (nSPS) is 11.8. The van der Waals surface area contributed by atoms with Gasteiger partial charge in [0.15, 0.2) is 0 Å². The van der Waals surface area contributed by atoms with Gasteiger partial charge >= 0.3 is 0 Å². The van der Waals surface area contributed by atoms with E-state index in [2.05, 4.69) is 94.6 Å². The van der Waals surface area contributed by atoms with Crippen LogP contribution in [-0.2, 0) is 0 Å².